The number of thiazole rings is 1. The summed E-state index contributed by atoms with van der Waals surface area (Å²) in [5.41, 5.74) is 5.99. The fourth-order valence-corrected chi connectivity index (χ4v) is 3.89. The summed E-state index contributed by atoms with van der Waals surface area (Å²) in [7, 11) is 1.86. The largest absolute Gasteiger partial charge is 0.302 e. The van der Waals surface area contributed by atoms with Gasteiger partial charge in [-0.25, -0.2) is 9.67 Å². The Morgan fingerprint density at radius 1 is 1.21 bits per heavy atom. The Bertz CT molecular complexity index is 1140. The number of carbonyl (C=O) groups is 1. The highest BCUT2D eigenvalue weighted by atomic mass is 32.1. The molecule has 7 nitrogen and oxygen atoms in total. The van der Waals surface area contributed by atoms with Gasteiger partial charge >= 0.3 is 0 Å². The molecule has 0 aliphatic rings. The van der Waals surface area contributed by atoms with E-state index in [1.54, 1.807) is 10.9 Å². The molecule has 0 fully saturated rings. The van der Waals surface area contributed by atoms with Gasteiger partial charge in [0.05, 0.1) is 23.3 Å². The number of rotatable bonds is 6. The number of aromatic nitrogens is 5. The molecule has 0 spiro atoms. The normalized spacial score (nSPS) is 11.0. The van der Waals surface area contributed by atoms with Gasteiger partial charge < -0.3 is 5.32 Å². The van der Waals surface area contributed by atoms with Crippen molar-refractivity contribution in [2.45, 2.75) is 26.7 Å². The Morgan fingerprint density at radius 2 is 2.00 bits per heavy atom. The second-order valence-corrected chi connectivity index (χ2v) is 7.85. The van der Waals surface area contributed by atoms with E-state index >= 15 is 0 Å². The Balaban J connectivity index is 1.33. The molecule has 1 N–H and O–H groups in total. The molecule has 0 radical (unpaired) electrons. The molecule has 8 heteroatoms. The van der Waals surface area contributed by atoms with Crippen LogP contribution in [0.25, 0.3) is 16.9 Å². The van der Waals surface area contributed by atoms with E-state index in [1.165, 1.54) is 11.3 Å². The van der Waals surface area contributed by atoms with E-state index in [0.717, 1.165) is 33.9 Å². The van der Waals surface area contributed by atoms with Crippen molar-refractivity contribution in [1.82, 2.24) is 24.5 Å². The van der Waals surface area contributed by atoms with Crippen LogP contribution in [0, 0.1) is 13.8 Å². The molecule has 0 saturated heterocycles. The quantitative estimate of drug-likeness (QED) is 0.526. The van der Waals surface area contributed by atoms with Crippen molar-refractivity contribution >= 4 is 22.4 Å². The summed E-state index contributed by atoms with van der Waals surface area (Å²) in [6, 6.07) is 10.2. The van der Waals surface area contributed by atoms with Crippen molar-refractivity contribution in [3.8, 4) is 16.9 Å². The highest BCUT2D eigenvalue weighted by molar-refractivity contribution is 7.14. The average Bonchev–Trinajstić information content (AvgIpc) is 3.41. The fourth-order valence-electron chi connectivity index (χ4n) is 3.15. The van der Waals surface area contributed by atoms with Gasteiger partial charge in [0.1, 0.15) is 0 Å². The Labute approximate surface area is 173 Å². The number of hydrogen-bond donors (Lipinski definition) is 1. The topological polar surface area (TPSA) is 77.6 Å². The zero-order chi connectivity index (χ0) is 20.4. The second kappa shape index (κ2) is 8.00. The number of hydrogen-bond acceptors (Lipinski definition) is 5. The molecule has 0 saturated carbocycles. The van der Waals surface area contributed by atoms with E-state index in [0.29, 0.717) is 18.0 Å². The molecule has 0 atom stereocenters. The van der Waals surface area contributed by atoms with Crippen LogP contribution < -0.4 is 5.32 Å². The van der Waals surface area contributed by atoms with Crippen molar-refractivity contribution in [3.05, 3.63) is 65.1 Å². The smallest absolute Gasteiger partial charge is 0.226 e. The molecule has 0 unspecified atom stereocenters. The third-order valence-corrected chi connectivity index (χ3v) is 5.34. The highest BCUT2D eigenvalue weighted by Crippen LogP contribution is 2.24. The molecule has 3 aromatic heterocycles. The molecule has 4 rings (SSSR count). The number of nitrogens with one attached hydrogen (secondary N) is 1. The first-order valence-electron chi connectivity index (χ1n) is 9.35. The summed E-state index contributed by atoms with van der Waals surface area (Å²) in [5.74, 6) is -0.0419. The van der Waals surface area contributed by atoms with Crippen LogP contribution in [-0.2, 0) is 18.3 Å². The van der Waals surface area contributed by atoms with Gasteiger partial charge in [-0.1, -0.05) is 12.1 Å². The number of nitrogens with zero attached hydrogens (tertiary/aromatic N) is 5. The molecule has 0 aliphatic heterocycles. The minimum Gasteiger partial charge on any atom is -0.302 e. The van der Waals surface area contributed by atoms with Gasteiger partial charge in [0, 0.05) is 36.3 Å². The SMILES string of the molecule is Cc1cc(C)n(-c2ccc(CCC(=O)Nc3nc(-c4cnn(C)c4)cs3)cc2)n1. The third-order valence-electron chi connectivity index (χ3n) is 4.58. The molecule has 29 heavy (non-hydrogen) atoms. The maximum absolute atomic E-state index is 12.3. The number of benzene rings is 1. The van der Waals surface area contributed by atoms with Crippen molar-refractivity contribution in [2.75, 3.05) is 5.32 Å². The van der Waals surface area contributed by atoms with Crippen LogP contribution in [0.3, 0.4) is 0 Å². The van der Waals surface area contributed by atoms with Gasteiger partial charge in [0.2, 0.25) is 5.91 Å². The molecule has 4 aromatic rings. The highest BCUT2D eigenvalue weighted by Gasteiger charge is 2.10. The summed E-state index contributed by atoms with van der Waals surface area (Å²) >= 11 is 1.42. The minimum absolute atomic E-state index is 0.0419. The molecule has 1 amide bonds. The Hall–Kier alpha value is -3.26. The Kier molecular flexibility index (Phi) is 5.26. The molecule has 148 valence electrons. The van der Waals surface area contributed by atoms with E-state index in [2.05, 4.69) is 26.6 Å². The first kappa shape index (κ1) is 19.1. The van der Waals surface area contributed by atoms with Crippen LogP contribution in [-0.4, -0.2) is 30.5 Å². The van der Waals surface area contributed by atoms with E-state index in [1.807, 2.05) is 61.4 Å². The fraction of sp³-hybridized carbons (Fsp3) is 0.238. The summed E-state index contributed by atoms with van der Waals surface area (Å²) in [6.45, 7) is 4.02. The van der Waals surface area contributed by atoms with Gasteiger partial charge in [-0.15, -0.1) is 11.3 Å². The molecular formula is C21H22N6OS. The maximum atomic E-state index is 12.3. The van der Waals surface area contributed by atoms with E-state index in [-0.39, 0.29) is 5.91 Å². The number of anilines is 1. The van der Waals surface area contributed by atoms with E-state index < -0.39 is 0 Å². The van der Waals surface area contributed by atoms with Crippen LogP contribution >= 0.6 is 11.3 Å². The summed E-state index contributed by atoms with van der Waals surface area (Å²) in [4.78, 5) is 16.8. The van der Waals surface area contributed by atoms with E-state index in [4.69, 9.17) is 0 Å². The van der Waals surface area contributed by atoms with Crippen molar-refractivity contribution in [2.24, 2.45) is 7.05 Å². The predicted molar refractivity (Wildman–Crippen MR) is 114 cm³/mol. The van der Waals surface area contributed by atoms with Crippen molar-refractivity contribution in [3.63, 3.8) is 0 Å². The standard InChI is InChI=1S/C21H22N6OS/c1-14-10-15(2)27(25-14)18-7-4-16(5-8-18)6-9-20(28)24-21-23-19(13-29-21)17-11-22-26(3)12-17/h4-5,7-8,10-13H,6,9H2,1-3H3,(H,23,24,28). The number of carbonyl (C=O) groups excluding carboxylic acids is 1. The molecule has 0 bridgehead atoms. The summed E-state index contributed by atoms with van der Waals surface area (Å²) in [6.07, 6.45) is 4.73. The third kappa shape index (κ3) is 4.43. The van der Waals surface area contributed by atoms with E-state index in [9.17, 15) is 4.79 Å². The molecule has 3 heterocycles. The van der Waals surface area contributed by atoms with Gasteiger partial charge in [-0.2, -0.15) is 10.2 Å². The molecule has 1 aromatic carbocycles. The lowest BCUT2D eigenvalue weighted by molar-refractivity contribution is -0.116. The predicted octanol–water partition coefficient (Wildman–Crippen LogP) is 3.92. The average molecular weight is 407 g/mol. The minimum atomic E-state index is -0.0419. The van der Waals surface area contributed by atoms with Gasteiger partial charge in [-0.3, -0.25) is 9.48 Å². The lowest BCUT2D eigenvalue weighted by Gasteiger charge is -2.06. The number of amides is 1. The lowest BCUT2D eigenvalue weighted by Crippen LogP contribution is -2.12. The monoisotopic (exact) mass is 406 g/mol. The van der Waals surface area contributed by atoms with Gasteiger partial charge in [-0.05, 0) is 44.0 Å². The first-order chi connectivity index (χ1) is 14.0. The van der Waals surface area contributed by atoms with Gasteiger partial charge in [0.15, 0.2) is 5.13 Å². The zero-order valence-electron chi connectivity index (χ0n) is 16.6. The second-order valence-electron chi connectivity index (χ2n) is 6.99. The van der Waals surface area contributed by atoms with Gasteiger partial charge in [0.25, 0.3) is 0 Å². The van der Waals surface area contributed by atoms with Crippen LogP contribution in [0.1, 0.15) is 23.4 Å². The maximum Gasteiger partial charge on any atom is 0.226 e. The van der Waals surface area contributed by atoms with Crippen LogP contribution in [0.15, 0.2) is 48.1 Å². The summed E-state index contributed by atoms with van der Waals surface area (Å²) < 4.78 is 3.65. The van der Waals surface area contributed by atoms with Crippen molar-refractivity contribution in [1.29, 1.82) is 0 Å². The van der Waals surface area contributed by atoms with Crippen LogP contribution in [0.5, 0.6) is 0 Å². The van der Waals surface area contributed by atoms with Crippen LogP contribution in [0.4, 0.5) is 5.13 Å². The lowest BCUT2D eigenvalue weighted by atomic mass is 10.1. The number of aryl methyl sites for hydroxylation is 4. The van der Waals surface area contributed by atoms with Crippen molar-refractivity contribution < 1.29 is 4.79 Å². The Morgan fingerprint density at radius 3 is 2.66 bits per heavy atom. The van der Waals surface area contributed by atoms with Crippen LogP contribution in [0.2, 0.25) is 0 Å². The zero-order valence-corrected chi connectivity index (χ0v) is 17.4. The first-order valence-corrected chi connectivity index (χ1v) is 10.2. The summed E-state index contributed by atoms with van der Waals surface area (Å²) in [5, 5.41) is 14.1. The molecule has 0 aliphatic carbocycles. The molecular weight excluding hydrogens is 384 g/mol.